The number of aromatic nitrogens is 2. The molecular weight excluding hydrogens is 408 g/mol. The first-order valence-corrected chi connectivity index (χ1v) is 12.4. The molecule has 1 heterocycles. The molecule has 0 saturated carbocycles. The zero-order valence-corrected chi connectivity index (χ0v) is 20.8. The maximum atomic E-state index is 4.60. The van der Waals surface area contributed by atoms with Crippen LogP contribution in [0.5, 0.6) is 0 Å². The fourth-order valence-electron chi connectivity index (χ4n) is 3.96. The number of aryl methyl sites for hydroxylation is 2. The van der Waals surface area contributed by atoms with Crippen LogP contribution >= 0.6 is 17.0 Å². The predicted octanol–water partition coefficient (Wildman–Crippen LogP) is 9.07. The Hall–Kier alpha value is -0.310. The topological polar surface area (TPSA) is 17.8 Å². The van der Waals surface area contributed by atoms with Gasteiger partial charge in [-0.2, -0.15) is 0 Å². The maximum absolute atomic E-state index is 4.60. The molecule has 0 N–H and O–H groups in total. The molecule has 0 aliphatic heterocycles. The van der Waals surface area contributed by atoms with Gasteiger partial charge in [0.05, 0.1) is 0 Å². The number of hydrogen-bond donors (Lipinski definition) is 0. The second-order valence-electron chi connectivity index (χ2n) is 8.44. The van der Waals surface area contributed by atoms with Crippen LogP contribution in [0.4, 0.5) is 0 Å². The van der Waals surface area contributed by atoms with Gasteiger partial charge in [-0.1, -0.05) is 117 Å². The van der Waals surface area contributed by atoms with Gasteiger partial charge < -0.3 is 4.57 Å². The summed E-state index contributed by atoms with van der Waals surface area (Å²) in [6.45, 7) is 5.75. The van der Waals surface area contributed by atoms with E-state index in [9.17, 15) is 0 Å². The van der Waals surface area contributed by atoms with Gasteiger partial charge in [-0.05, 0) is 12.8 Å². The van der Waals surface area contributed by atoms with Crippen LogP contribution in [0.25, 0.3) is 0 Å². The highest BCUT2D eigenvalue weighted by molar-refractivity contribution is 8.93. The molecule has 0 aromatic carbocycles. The average Bonchev–Trinajstić information content (AvgIpc) is 3.12. The molecule has 0 spiro atoms. The molecule has 0 fully saturated rings. The largest absolute Gasteiger partial charge is 0.335 e. The summed E-state index contributed by atoms with van der Waals surface area (Å²) in [5, 5.41) is 0. The first kappa shape index (κ1) is 27.7. The maximum Gasteiger partial charge on any atom is 0.108 e. The number of nitrogens with zero attached hydrogens (tertiary/aromatic N) is 2. The summed E-state index contributed by atoms with van der Waals surface area (Å²) >= 11 is 0. The minimum Gasteiger partial charge on any atom is -0.335 e. The van der Waals surface area contributed by atoms with Crippen LogP contribution in [0.15, 0.2) is 12.4 Å². The van der Waals surface area contributed by atoms with E-state index < -0.39 is 0 Å². The van der Waals surface area contributed by atoms with Crippen LogP contribution in [-0.4, -0.2) is 9.55 Å². The predicted molar refractivity (Wildman–Crippen MR) is 131 cm³/mol. The van der Waals surface area contributed by atoms with E-state index in [1.165, 1.54) is 134 Å². The summed E-state index contributed by atoms with van der Waals surface area (Å²) in [7, 11) is 0. The second kappa shape index (κ2) is 21.4. The van der Waals surface area contributed by atoms with Crippen LogP contribution < -0.4 is 0 Å². The van der Waals surface area contributed by atoms with Crippen molar-refractivity contribution >= 4 is 17.0 Å². The van der Waals surface area contributed by atoms with Crippen molar-refractivity contribution in [3.05, 3.63) is 18.2 Å². The minimum absolute atomic E-state index is 0. The molecule has 0 aliphatic rings. The van der Waals surface area contributed by atoms with E-state index in [0.29, 0.717) is 0 Å². The van der Waals surface area contributed by atoms with Gasteiger partial charge in [0.1, 0.15) is 5.82 Å². The van der Waals surface area contributed by atoms with Gasteiger partial charge >= 0.3 is 0 Å². The summed E-state index contributed by atoms with van der Waals surface area (Å²) < 4.78 is 2.41. The summed E-state index contributed by atoms with van der Waals surface area (Å²) in [4.78, 5) is 4.60. The van der Waals surface area contributed by atoms with Crippen molar-refractivity contribution in [2.75, 3.05) is 0 Å². The molecule has 0 unspecified atom stereocenters. The van der Waals surface area contributed by atoms with Crippen molar-refractivity contribution in [1.29, 1.82) is 0 Å². The normalized spacial score (nSPS) is 10.9. The number of hydrogen-bond acceptors (Lipinski definition) is 1. The van der Waals surface area contributed by atoms with Gasteiger partial charge in [-0.25, -0.2) is 4.98 Å². The van der Waals surface area contributed by atoms with Crippen molar-refractivity contribution in [2.45, 2.75) is 142 Å². The molecule has 1 aromatic heterocycles. The molecule has 28 heavy (non-hydrogen) atoms. The molecule has 0 saturated heterocycles. The van der Waals surface area contributed by atoms with Crippen LogP contribution in [0.3, 0.4) is 0 Å². The number of halogens is 1. The van der Waals surface area contributed by atoms with E-state index in [-0.39, 0.29) is 17.0 Å². The van der Waals surface area contributed by atoms with Crippen LogP contribution in [-0.2, 0) is 13.0 Å². The lowest BCUT2D eigenvalue weighted by atomic mass is 10.1. The quantitative estimate of drug-likeness (QED) is 0.179. The molecule has 0 bridgehead atoms. The molecular formula is C25H49BrN2. The molecule has 0 aliphatic carbocycles. The van der Waals surface area contributed by atoms with E-state index in [4.69, 9.17) is 0 Å². The standard InChI is InChI=1S/C25H48N2.BrH/c1-3-5-7-9-11-13-14-15-17-19-21-25-26-22-24-27(25)23-20-18-16-12-10-8-6-4-2;/h22,24H,3-21,23H2,1-2H3;1H. The van der Waals surface area contributed by atoms with E-state index in [2.05, 4.69) is 29.6 Å². The lowest BCUT2D eigenvalue weighted by Crippen LogP contribution is -2.03. The monoisotopic (exact) mass is 456 g/mol. The Labute approximate surface area is 187 Å². The summed E-state index contributed by atoms with van der Waals surface area (Å²) in [6.07, 6.45) is 30.6. The summed E-state index contributed by atoms with van der Waals surface area (Å²) in [5.74, 6) is 1.32. The first-order valence-electron chi connectivity index (χ1n) is 12.4. The molecule has 1 aromatic rings. The highest BCUT2D eigenvalue weighted by Gasteiger charge is 2.03. The Morgan fingerprint density at radius 3 is 1.54 bits per heavy atom. The zero-order chi connectivity index (χ0) is 19.4. The van der Waals surface area contributed by atoms with Crippen molar-refractivity contribution in [2.24, 2.45) is 0 Å². The van der Waals surface area contributed by atoms with Crippen molar-refractivity contribution in [3.63, 3.8) is 0 Å². The van der Waals surface area contributed by atoms with Gasteiger partial charge in [0, 0.05) is 25.4 Å². The molecule has 1 rings (SSSR count). The number of unbranched alkanes of at least 4 members (excludes halogenated alkanes) is 16. The average molecular weight is 458 g/mol. The van der Waals surface area contributed by atoms with Gasteiger partial charge in [0.2, 0.25) is 0 Å². The third-order valence-electron chi connectivity index (χ3n) is 5.81. The minimum atomic E-state index is 0. The fourth-order valence-corrected chi connectivity index (χ4v) is 3.96. The third kappa shape index (κ3) is 15.6. The number of imidazole rings is 1. The SMILES string of the molecule is Br.CCCCCCCCCCCCc1nccn1CCCCCCCCCC. The Kier molecular flexibility index (Phi) is 21.2. The third-order valence-corrected chi connectivity index (χ3v) is 5.81. The summed E-state index contributed by atoms with van der Waals surface area (Å²) in [5.41, 5.74) is 0. The molecule has 0 amide bonds. The van der Waals surface area contributed by atoms with Gasteiger partial charge in [-0.15, -0.1) is 17.0 Å². The molecule has 0 atom stereocenters. The lowest BCUT2D eigenvalue weighted by Gasteiger charge is -2.08. The molecule has 2 nitrogen and oxygen atoms in total. The lowest BCUT2D eigenvalue weighted by molar-refractivity contribution is 0.525. The zero-order valence-electron chi connectivity index (χ0n) is 19.1. The highest BCUT2D eigenvalue weighted by atomic mass is 79.9. The first-order chi connectivity index (χ1) is 13.4. The van der Waals surface area contributed by atoms with E-state index in [1.54, 1.807) is 0 Å². The molecule has 166 valence electrons. The molecule has 0 radical (unpaired) electrons. The highest BCUT2D eigenvalue weighted by Crippen LogP contribution is 2.13. The Bertz CT molecular complexity index is 416. The molecule has 3 heteroatoms. The Balaban J connectivity index is 0.00000729. The van der Waals surface area contributed by atoms with Crippen LogP contribution in [0.1, 0.15) is 135 Å². The van der Waals surface area contributed by atoms with E-state index >= 15 is 0 Å². The smallest absolute Gasteiger partial charge is 0.108 e. The Morgan fingerprint density at radius 1 is 0.607 bits per heavy atom. The number of rotatable bonds is 20. The van der Waals surface area contributed by atoms with E-state index in [0.717, 1.165) is 0 Å². The summed E-state index contributed by atoms with van der Waals surface area (Å²) in [6, 6.07) is 0. The second-order valence-corrected chi connectivity index (χ2v) is 8.44. The van der Waals surface area contributed by atoms with Crippen molar-refractivity contribution in [3.8, 4) is 0 Å². The fraction of sp³-hybridized carbons (Fsp3) is 0.880. The Morgan fingerprint density at radius 2 is 1.04 bits per heavy atom. The van der Waals surface area contributed by atoms with Crippen LogP contribution in [0, 0.1) is 0 Å². The van der Waals surface area contributed by atoms with E-state index in [1.807, 2.05) is 6.20 Å². The van der Waals surface area contributed by atoms with Gasteiger partial charge in [0.15, 0.2) is 0 Å². The van der Waals surface area contributed by atoms with Gasteiger partial charge in [-0.3, -0.25) is 0 Å². The van der Waals surface area contributed by atoms with Crippen molar-refractivity contribution < 1.29 is 0 Å². The van der Waals surface area contributed by atoms with Crippen molar-refractivity contribution in [1.82, 2.24) is 9.55 Å². The van der Waals surface area contributed by atoms with Crippen LogP contribution in [0.2, 0.25) is 0 Å². The van der Waals surface area contributed by atoms with Gasteiger partial charge in [0.25, 0.3) is 0 Å².